The van der Waals surface area contributed by atoms with Crippen LogP contribution in [-0.4, -0.2) is 26.6 Å². The molecule has 4 aromatic rings. The van der Waals surface area contributed by atoms with E-state index in [1.54, 1.807) is 6.92 Å². The molecule has 2 heterocycles. The monoisotopic (exact) mass is 411 g/mol. The van der Waals surface area contributed by atoms with E-state index in [-0.39, 0.29) is 12.5 Å². The van der Waals surface area contributed by atoms with E-state index >= 15 is 0 Å². The van der Waals surface area contributed by atoms with E-state index in [9.17, 15) is 4.79 Å². The average molecular weight is 412 g/mol. The molecule has 2 aromatic heterocycles. The number of rotatable bonds is 4. The van der Waals surface area contributed by atoms with E-state index < -0.39 is 0 Å². The highest BCUT2D eigenvalue weighted by atomic mass is 79.9. The standard InChI is InChI=1S/C18H14BrN5O2/c1-11(17-9-12-8-13(19)6-7-16(12)26-17)20-22-18(25)10-24-15-5-3-2-4-14(15)21-23-24/h2-9H,10H2,1H3,(H,22,25)/b20-11-. The maximum Gasteiger partial charge on any atom is 0.261 e. The van der Waals surface area contributed by atoms with Gasteiger partial charge in [-0.2, -0.15) is 5.10 Å². The molecule has 0 aliphatic heterocycles. The number of benzene rings is 2. The van der Waals surface area contributed by atoms with Crippen LogP contribution >= 0.6 is 15.9 Å². The van der Waals surface area contributed by atoms with Gasteiger partial charge in [0.1, 0.15) is 23.4 Å². The molecule has 8 heteroatoms. The maximum atomic E-state index is 12.2. The lowest BCUT2D eigenvalue weighted by molar-refractivity contribution is -0.121. The third-order valence-electron chi connectivity index (χ3n) is 3.90. The molecule has 0 fully saturated rings. The Morgan fingerprint density at radius 3 is 3.00 bits per heavy atom. The largest absolute Gasteiger partial charge is 0.455 e. The first kappa shape index (κ1) is 16.5. The second kappa shape index (κ2) is 6.72. The Labute approximate surface area is 156 Å². The first-order chi connectivity index (χ1) is 12.6. The third-order valence-corrected chi connectivity index (χ3v) is 4.39. The van der Waals surface area contributed by atoms with Gasteiger partial charge in [-0.3, -0.25) is 4.79 Å². The minimum Gasteiger partial charge on any atom is -0.455 e. The van der Waals surface area contributed by atoms with Gasteiger partial charge in [0.25, 0.3) is 5.91 Å². The highest BCUT2D eigenvalue weighted by Crippen LogP contribution is 2.23. The molecule has 0 radical (unpaired) electrons. The fourth-order valence-electron chi connectivity index (χ4n) is 2.60. The quantitative estimate of drug-likeness (QED) is 0.411. The number of hydrazone groups is 1. The molecule has 0 aliphatic rings. The molecule has 130 valence electrons. The summed E-state index contributed by atoms with van der Waals surface area (Å²) in [5.74, 6) is 0.309. The number of hydrogen-bond donors (Lipinski definition) is 1. The van der Waals surface area contributed by atoms with Gasteiger partial charge in [0.05, 0.1) is 5.52 Å². The zero-order valence-corrected chi connectivity index (χ0v) is 15.4. The van der Waals surface area contributed by atoms with Gasteiger partial charge in [-0.25, -0.2) is 10.1 Å². The summed E-state index contributed by atoms with van der Waals surface area (Å²) >= 11 is 3.43. The molecular weight excluding hydrogens is 398 g/mol. The molecule has 0 unspecified atom stereocenters. The van der Waals surface area contributed by atoms with E-state index in [2.05, 4.69) is 36.8 Å². The predicted octanol–water partition coefficient (Wildman–Crippen LogP) is 3.48. The molecule has 2 aromatic carbocycles. The molecule has 1 amide bonds. The van der Waals surface area contributed by atoms with Gasteiger partial charge in [-0.15, -0.1) is 5.10 Å². The summed E-state index contributed by atoms with van der Waals surface area (Å²) in [5.41, 5.74) is 5.41. The Balaban J connectivity index is 1.48. The summed E-state index contributed by atoms with van der Waals surface area (Å²) in [7, 11) is 0. The number of carbonyl (C=O) groups excluding carboxylic acids is 1. The van der Waals surface area contributed by atoms with Crippen molar-refractivity contribution < 1.29 is 9.21 Å². The molecule has 0 saturated carbocycles. The number of nitrogens with zero attached hydrogens (tertiary/aromatic N) is 4. The van der Waals surface area contributed by atoms with Crippen molar-refractivity contribution in [2.24, 2.45) is 5.10 Å². The minimum atomic E-state index is -0.293. The summed E-state index contributed by atoms with van der Waals surface area (Å²) in [6.45, 7) is 1.81. The molecule has 1 N–H and O–H groups in total. The van der Waals surface area contributed by atoms with Crippen LogP contribution in [0.25, 0.3) is 22.0 Å². The van der Waals surface area contributed by atoms with Crippen LogP contribution in [0.3, 0.4) is 0 Å². The van der Waals surface area contributed by atoms with Gasteiger partial charge in [-0.05, 0) is 43.3 Å². The molecule has 0 saturated heterocycles. The number of carbonyl (C=O) groups is 1. The lowest BCUT2D eigenvalue weighted by Gasteiger charge is -2.02. The number of amides is 1. The Hall–Kier alpha value is -3.00. The van der Waals surface area contributed by atoms with Crippen LogP contribution in [0.15, 0.2) is 62.5 Å². The van der Waals surface area contributed by atoms with E-state index in [1.165, 1.54) is 4.68 Å². The molecule has 4 rings (SSSR count). The second-order valence-corrected chi connectivity index (χ2v) is 6.68. The summed E-state index contributed by atoms with van der Waals surface area (Å²) in [5, 5.41) is 13.1. The number of furan rings is 1. The van der Waals surface area contributed by atoms with Crippen molar-refractivity contribution in [3.05, 3.63) is 58.8 Å². The van der Waals surface area contributed by atoms with E-state index in [4.69, 9.17) is 4.42 Å². The van der Waals surface area contributed by atoms with Crippen molar-refractivity contribution in [3.63, 3.8) is 0 Å². The second-order valence-electron chi connectivity index (χ2n) is 5.76. The predicted molar refractivity (Wildman–Crippen MR) is 102 cm³/mol. The van der Waals surface area contributed by atoms with Crippen LogP contribution in [-0.2, 0) is 11.3 Å². The number of fused-ring (bicyclic) bond motifs is 2. The van der Waals surface area contributed by atoms with Crippen LogP contribution in [0.2, 0.25) is 0 Å². The lowest BCUT2D eigenvalue weighted by Crippen LogP contribution is -2.24. The van der Waals surface area contributed by atoms with Crippen molar-refractivity contribution >= 4 is 49.6 Å². The van der Waals surface area contributed by atoms with E-state index in [0.717, 1.165) is 26.5 Å². The Morgan fingerprint density at radius 1 is 1.27 bits per heavy atom. The fourth-order valence-corrected chi connectivity index (χ4v) is 2.98. The Morgan fingerprint density at radius 2 is 2.12 bits per heavy atom. The molecule has 0 atom stereocenters. The summed E-state index contributed by atoms with van der Waals surface area (Å²) in [6.07, 6.45) is 0. The topological polar surface area (TPSA) is 85.3 Å². The fraction of sp³-hybridized carbons (Fsp3) is 0.111. The Kier molecular flexibility index (Phi) is 4.26. The highest BCUT2D eigenvalue weighted by molar-refractivity contribution is 9.10. The highest BCUT2D eigenvalue weighted by Gasteiger charge is 2.10. The first-order valence-corrected chi connectivity index (χ1v) is 8.70. The van der Waals surface area contributed by atoms with E-state index in [1.807, 2.05) is 48.5 Å². The van der Waals surface area contributed by atoms with Crippen LogP contribution in [0.4, 0.5) is 0 Å². The molecule has 0 bridgehead atoms. The normalized spacial score (nSPS) is 12.0. The van der Waals surface area contributed by atoms with Gasteiger partial charge in [-0.1, -0.05) is 33.3 Å². The van der Waals surface area contributed by atoms with Crippen LogP contribution in [0, 0.1) is 0 Å². The zero-order valence-electron chi connectivity index (χ0n) is 13.8. The van der Waals surface area contributed by atoms with Crippen molar-refractivity contribution in [1.82, 2.24) is 20.4 Å². The molecule has 26 heavy (non-hydrogen) atoms. The maximum absolute atomic E-state index is 12.2. The van der Waals surface area contributed by atoms with Gasteiger partial charge < -0.3 is 4.42 Å². The number of hydrogen-bond acceptors (Lipinski definition) is 5. The molecule has 0 aliphatic carbocycles. The van der Waals surface area contributed by atoms with Crippen molar-refractivity contribution in [2.45, 2.75) is 13.5 Å². The molecule has 7 nitrogen and oxygen atoms in total. The number of halogens is 1. The molecular formula is C18H14BrN5O2. The summed E-state index contributed by atoms with van der Waals surface area (Å²) < 4.78 is 8.26. The zero-order chi connectivity index (χ0) is 18.1. The summed E-state index contributed by atoms with van der Waals surface area (Å²) in [6, 6.07) is 15.1. The van der Waals surface area contributed by atoms with Crippen LogP contribution in [0.5, 0.6) is 0 Å². The van der Waals surface area contributed by atoms with Gasteiger partial charge in [0, 0.05) is 9.86 Å². The van der Waals surface area contributed by atoms with Crippen molar-refractivity contribution in [1.29, 1.82) is 0 Å². The third kappa shape index (κ3) is 3.23. The average Bonchev–Trinajstić information content (AvgIpc) is 3.24. The Bertz CT molecular complexity index is 1140. The van der Waals surface area contributed by atoms with Gasteiger partial charge >= 0.3 is 0 Å². The minimum absolute atomic E-state index is 0.0321. The van der Waals surface area contributed by atoms with Crippen LogP contribution in [0.1, 0.15) is 12.7 Å². The number of aromatic nitrogens is 3. The van der Waals surface area contributed by atoms with Crippen molar-refractivity contribution in [3.8, 4) is 0 Å². The van der Waals surface area contributed by atoms with Crippen LogP contribution < -0.4 is 5.43 Å². The van der Waals surface area contributed by atoms with Crippen molar-refractivity contribution in [2.75, 3.05) is 0 Å². The lowest BCUT2D eigenvalue weighted by atomic mass is 10.2. The smallest absolute Gasteiger partial charge is 0.261 e. The van der Waals surface area contributed by atoms with E-state index in [0.29, 0.717) is 11.5 Å². The number of para-hydroxylation sites is 1. The SMILES string of the molecule is C/C(=N/NC(=O)Cn1nnc2ccccc21)c1cc2cc(Br)ccc2o1. The number of nitrogens with one attached hydrogen (secondary N) is 1. The van der Waals surface area contributed by atoms with Gasteiger partial charge in [0.15, 0.2) is 5.76 Å². The first-order valence-electron chi connectivity index (χ1n) is 7.91. The summed E-state index contributed by atoms with van der Waals surface area (Å²) in [4.78, 5) is 12.2. The molecule has 0 spiro atoms. The van der Waals surface area contributed by atoms with Gasteiger partial charge in [0.2, 0.25) is 0 Å².